The standard InChI is InChI=1S/C13H20ClFN2O3S/c1-9(8-20-4)17(3)21(18,19)11-5-10(7-16-2)13(14)12(15)6-11/h5-6,9,16H,7-8H2,1-4H3. The Hall–Kier alpha value is -0.730. The van der Waals surface area contributed by atoms with E-state index >= 15 is 0 Å². The van der Waals surface area contributed by atoms with E-state index in [4.69, 9.17) is 16.3 Å². The highest BCUT2D eigenvalue weighted by Crippen LogP contribution is 2.26. The van der Waals surface area contributed by atoms with Crippen LogP contribution >= 0.6 is 11.6 Å². The van der Waals surface area contributed by atoms with Gasteiger partial charge in [-0.15, -0.1) is 0 Å². The lowest BCUT2D eigenvalue weighted by atomic mass is 10.2. The maximum absolute atomic E-state index is 13.8. The van der Waals surface area contributed by atoms with Gasteiger partial charge in [0.05, 0.1) is 16.5 Å². The number of ether oxygens (including phenoxy) is 1. The van der Waals surface area contributed by atoms with E-state index in [1.807, 2.05) is 0 Å². The second-order valence-corrected chi connectivity index (χ2v) is 7.11. The first-order valence-electron chi connectivity index (χ1n) is 6.35. The molecule has 0 aliphatic carbocycles. The summed E-state index contributed by atoms with van der Waals surface area (Å²) in [5, 5.41) is 2.75. The van der Waals surface area contributed by atoms with E-state index in [2.05, 4.69) is 5.32 Å². The summed E-state index contributed by atoms with van der Waals surface area (Å²) < 4.78 is 45.0. The topological polar surface area (TPSA) is 58.6 Å². The van der Waals surface area contributed by atoms with Crippen molar-refractivity contribution >= 4 is 21.6 Å². The van der Waals surface area contributed by atoms with Gasteiger partial charge in [0.15, 0.2) is 0 Å². The summed E-state index contributed by atoms with van der Waals surface area (Å²) in [7, 11) is 0.779. The highest BCUT2D eigenvalue weighted by Gasteiger charge is 2.27. The van der Waals surface area contributed by atoms with Crippen LogP contribution in [0.3, 0.4) is 0 Å². The summed E-state index contributed by atoms with van der Waals surface area (Å²) >= 11 is 5.84. The molecule has 0 bridgehead atoms. The van der Waals surface area contributed by atoms with Gasteiger partial charge in [-0.1, -0.05) is 11.6 Å². The zero-order valence-corrected chi connectivity index (χ0v) is 14.1. The Morgan fingerprint density at radius 1 is 1.48 bits per heavy atom. The van der Waals surface area contributed by atoms with Gasteiger partial charge in [0.1, 0.15) is 5.82 Å². The van der Waals surface area contributed by atoms with Crippen molar-refractivity contribution in [1.82, 2.24) is 9.62 Å². The molecule has 0 heterocycles. The third kappa shape index (κ3) is 4.14. The lowest BCUT2D eigenvalue weighted by molar-refractivity contribution is 0.149. The van der Waals surface area contributed by atoms with Crippen LogP contribution in [0.25, 0.3) is 0 Å². The van der Waals surface area contributed by atoms with Crippen molar-refractivity contribution in [3.8, 4) is 0 Å². The molecule has 0 radical (unpaired) electrons. The van der Waals surface area contributed by atoms with Crippen molar-refractivity contribution in [3.05, 3.63) is 28.5 Å². The van der Waals surface area contributed by atoms with Crippen LogP contribution in [0, 0.1) is 5.82 Å². The number of rotatable bonds is 7. The van der Waals surface area contributed by atoms with Crippen molar-refractivity contribution in [3.63, 3.8) is 0 Å². The summed E-state index contributed by atoms with van der Waals surface area (Å²) in [6, 6.07) is 1.95. The number of methoxy groups -OCH3 is 1. The first kappa shape index (κ1) is 18.3. The zero-order valence-electron chi connectivity index (χ0n) is 12.5. The summed E-state index contributed by atoms with van der Waals surface area (Å²) in [4.78, 5) is -0.125. The predicted octanol–water partition coefficient (Wildman–Crippen LogP) is 1.85. The van der Waals surface area contributed by atoms with Crippen molar-refractivity contribution in [2.24, 2.45) is 0 Å². The molecule has 5 nitrogen and oxygen atoms in total. The van der Waals surface area contributed by atoms with Crippen LogP contribution in [0.1, 0.15) is 12.5 Å². The van der Waals surface area contributed by atoms with Crippen molar-refractivity contribution < 1.29 is 17.5 Å². The summed E-state index contributed by atoms with van der Waals surface area (Å²) in [6.45, 7) is 2.23. The van der Waals surface area contributed by atoms with Gasteiger partial charge in [-0.25, -0.2) is 12.8 Å². The minimum atomic E-state index is -3.81. The fraction of sp³-hybridized carbons (Fsp3) is 0.538. The lowest BCUT2D eigenvalue weighted by Gasteiger charge is -2.24. The highest BCUT2D eigenvalue weighted by atomic mass is 35.5. The Balaban J connectivity index is 3.25. The molecule has 1 aromatic rings. The van der Waals surface area contributed by atoms with Crippen molar-refractivity contribution in [1.29, 1.82) is 0 Å². The molecule has 0 amide bonds. The normalized spacial score (nSPS) is 13.7. The molecule has 0 aliphatic heterocycles. The maximum atomic E-state index is 13.8. The van der Waals surface area contributed by atoms with Gasteiger partial charge in [-0.3, -0.25) is 0 Å². The van der Waals surface area contributed by atoms with Gasteiger partial charge in [0, 0.05) is 26.7 Å². The number of hydrogen-bond acceptors (Lipinski definition) is 4. The molecule has 1 aromatic carbocycles. The minimum Gasteiger partial charge on any atom is -0.383 e. The van der Waals surface area contributed by atoms with E-state index in [1.165, 1.54) is 20.2 Å². The molecule has 120 valence electrons. The SMILES string of the molecule is CNCc1cc(S(=O)(=O)N(C)C(C)COC)cc(F)c1Cl. The molecule has 0 saturated heterocycles. The summed E-state index contributed by atoms with van der Waals surface area (Å²) in [5.41, 5.74) is 0.394. The Morgan fingerprint density at radius 2 is 2.10 bits per heavy atom. The van der Waals surface area contributed by atoms with Crippen LogP contribution in [0.2, 0.25) is 5.02 Å². The van der Waals surface area contributed by atoms with Gasteiger partial charge in [-0.05, 0) is 31.7 Å². The van der Waals surface area contributed by atoms with Gasteiger partial charge < -0.3 is 10.1 Å². The summed E-state index contributed by atoms with van der Waals surface area (Å²) in [6.07, 6.45) is 0. The molecular weight excluding hydrogens is 319 g/mol. The monoisotopic (exact) mass is 338 g/mol. The third-order valence-electron chi connectivity index (χ3n) is 3.15. The molecule has 1 unspecified atom stereocenters. The smallest absolute Gasteiger partial charge is 0.243 e. The van der Waals surface area contributed by atoms with Crippen molar-refractivity contribution in [2.45, 2.75) is 24.4 Å². The molecule has 1 atom stereocenters. The van der Waals surface area contributed by atoms with Crippen LogP contribution in [0.5, 0.6) is 0 Å². The fourth-order valence-electron chi connectivity index (χ4n) is 1.84. The molecule has 0 spiro atoms. The van der Waals surface area contributed by atoms with E-state index in [9.17, 15) is 12.8 Å². The van der Waals surface area contributed by atoms with Crippen molar-refractivity contribution in [2.75, 3.05) is 27.8 Å². The first-order valence-corrected chi connectivity index (χ1v) is 8.17. The Bertz CT molecular complexity index is 595. The molecular formula is C13H20ClFN2O3S. The molecule has 1 rings (SSSR count). The minimum absolute atomic E-state index is 0.0732. The van der Waals surface area contributed by atoms with E-state index < -0.39 is 15.8 Å². The molecule has 0 aliphatic rings. The fourth-order valence-corrected chi connectivity index (χ4v) is 3.42. The molecule has 8 heteroatoms. The van der Waals surface area contributed by atoms with E-state index in [0.717, 1.165) is 10.4 Å². The Labute approximate surface area is 130 Å². The number of halogens is 2. The Kier molecular flexibility index (Phi) is 6.55. The van der Waals surface area contributed by atoms with E-state index in [-0.39, 0.29) is 29.1 Å². The Morgan fingerprint density at radius 3 is 2.62 bits per heavy atom. The van der Waals surface area contributed by atoms with Crippen LogP contribution in [-0.2, 0) is 21.3 Å². The average Bonchev–Trinajstić information content (AvgIpc) is 2.43. The van der Waals surface area contributed by atoms with Crippen LogP contribution in [0.4, 0.5) is 4.39 Å². The zero-order chi connectivity index (χ0) is 16.2. The number of nitrogens with zero attached hydrogens (tertiary/aromatic N) is 1. The quantitative estimate of drug-likeness (QED) is 0.824. The summed E-state index contributed by atoms with van der Waals surface area (Å²) in [5.74, 6) is -0.754. The van der Waals surface area contributed by atoms with Gasteiger partial charge in [0.2, 0.25) is 10.0 Å². The molecule has 0 saturated carbocycles. The van der Waals surface area contributed by atoms with Crippen LogP contribution < -0.4 is 5.32 Å². The number of nitrogens with one attached hydrogen (secondary N) is 1. The van der Waals surface area contributed by atoms with Crippen LogP contribution in [0.15, 0.2) is 17.0 Å². The largest absolute Gasteiger partial charge is 0.383 e. The third-order valence-corrected chi connectivity index (χ3v) is 5.52. The van der Waals surface area contributed by atoms with Crippen LogP contribution in [-0.4, -0.2) is 46.6 Å². The molecule has 0 aromatic heterocycles. The maximum Gasteiger partial charge on any atom is 0.243 e. The average molecular weight is 339 g/mol. The second-order valence-electron chi connectivity index (χ2n) is 4.73. The second kappa shape index (κ2) is 7.51. The molecule has 1 N–H and O–H groups in total. The number of benzene rings is 1. The van der Waals surface area contributed by atoms with Gasteiger partial charge in [0.25, 0.3) is 0 Å². The predicted molar refractivity (Wildman–Crippen MR) is 80.5 cm³/mol. The van der Waals surface area contributed by atoms with Gasteiger partial charge >= 0.3 is 0 Å². The van der Waals surface area contributed by atoms with E-state index in [1.54, 1.807) is 14.0 Å². The number of hydrogen-bond donors (Lipinski definition) is 1. The molecule has 21 heavy (non-hydrogen) atoms. The first-order chi connectivity index (χ1) is 9.75. The van der Waals surface area contributed by atoms with E-state index in [0.29, 0.717) is 5.56 Å². The number of likely N-dealkylation sites (N-methyl/N-ethyl adjacent to an activating group) is 1. The van der Waals surface area contributed by atoms with Gasteiger partial charge in [-0.2, -0.15) is 4.31 Å². The lowest BCUT2D eigenvalue weighted by Crippen LogP contribution is -2.37. The molecule has 0 fully saturated rings. The number of sulfonamides is 1. The highest BCUT2D eigenvalue weighted by molar-refractivity contribution is 7.89.